The largest absolute Gasteiger partial charge is 0.381 e. The van der Waals surface area contributed by atoms with Gasteiger partial charge in [0.1, 0.15) is 0 Å². The lowest BCUT2D eigenvalue weighted by Crippen LogP contribution is -2.02. The van der Waals surface area contributed by atoms with E-state index >= 15 is 0 Å². The summed E-state index contributed by atoms with van der Waals surface area (Å²) in [4.78, 5) is 0. The Bertz CT molecular complexity index is 188. The lowest BCUT2D eigenvalue weighted by molar-refractivity contribution is 0.146. The quantitative estimate of drug-likeness (QED) is 0.533. The molecule has 1 aliphatic rings. The van der Waals surface area contributed by atoms with Gasteiger partial charge in [0.2, 0.25) is 0 Å². The van der Waals surface area contributed by atoms with Crippen LogP contribution in [0, 0.1) is 0 Å². The predicted octanol–water partition coefficient (Wildman–Crippen LogP) is 3.98. The Hall–Kier alpha value is 1.31. The molecule has 14 heavy (non-hydrogen) atoms. The molecule has 0 saturated carbocycles. The van der Waals surface area contributed by atoms with Crippen molar-refractivity contribution in [3.63, 3.8) is 0 Å². The van der Waals surface area contributed by atoms with E-state index in [4.69, 9.17) is 16.5 Å². The molecule has 1 fully saturated rings. The van der Waals surface area contributed by atoms with Gasteiger partial charge in [0.05, 0.1) is 11.0 Å². The summed E-state index contributed by atoms with van der Waals surface area (Å²) in [6, 6.07) is 0. The third-order valence-corrected chi connectivity index (χ3v) is 13.4. The van der Waals surface area contributed by atoms with E-state index in [2.05, 4.69) is 6.92 Å². The van der Waals surface area contributed by atoms with Crippen molar-refractivity contribution in [3.05, 3.63) is 0 Å². The molecule has 0 spiro atoms. The van der Waals surface area contributed by atoms with Gasteiger partial charge < -0.3 is 4.74 Å². The lowest BCUT2D eigenvalue weighted by Gasteiger charge is -2.24. The maximum Gasteiger partial charge on any atom is 0.0594 e. The predicted molar refractivity (Wildman–Crippen MR) is 74.4 cm³/mol. The van der Waals surface area contributed by atoms with E-state index in [0.717, 1.165) is 19.4 Å². The number of hydrogen-bond donors (Lipinski definition) is 0. The smallest absolute Gasteiger partial charge is 0.0594 e. The Balaban J connectivity index is 2.07. The highest BCUT2D eigenvalue weighted by molar-refractivity contribution is 9.00. The summed E-state index contributed by atoms with van der Waals surface area (Å²) in [6.45, 7) is 4.00. The zero-order valence-corrected chi connectivity index (χ0v) is 12.1. The molecule has 5 heteroatoms. The van der Waals surface area contributed by atoms with Crippen LogP contribution in [0.15, 0.2) is 0 Å². The average molecular weight is 270 g/mol. The number of hydrogen-bond acceptors (Lipinski definition) is 4. The minimum absolute atomic E-state index is 0.886. The summed E-state index contributed by atoms with van der Waals surface area (Å²) in [5, 5.41) is 0. The second-order valence-corrected chi connectivity index (χ2v) is 15.6. The van der Waals surface area contributed by atoms with Crippen LogP contribution in [-0.2, 0) is 16.5 Å². The van der Waals surface area contributed by atoms with Crippen LogP contribution in [0.4, 0.5) is 0 Å². The topological polar surface area (TPSA) is 9.23 Å². The Labute approximate surface area is 101 Å². The highest BCUT2D eigenvalue weighted by Crippen LogP contribution is 2.71. The van der Waals surface area contributed by atoms with E-state index in [0.29, 0.717) is 0 Å². The van der Waals surface area contributed by atoms with Crippen LogP contribution >= 0.6 is 27.2 Å². The highest BCUT2D eigenvalue weighted by Gasteiger charge is 2.21. The zero-order chi connectivity index (χ0) is 10.3. The summed E-state index contributed by atoms with van der Waals surface area (Å²) < 4.78 is 4.46. The fraction of sp³-hybridized carbons (Fsp3) is 1.00. The second kappa shape index (κ2) is 7.56. The Kier molecular flexibility index (Phi) is 7.22. The van der Waals surface area contributed by atoms with Gasteiger partial charge in [-0.1, -0.05) is 25.2 Å². The van der Waals surface area contributed by atoms with Crippen molar-refractivity contribution in [3.8, 4) is 0 Å². The second-order valence-electron chi connectivity index (χ2n) is 3.32. The normalized spacial score (nSPS) is 20.9. The van der Waals surface area contributed by atoms with Gasteiger partial charge in [0, 0.05) is 12.8 Å². The van der Waals surface area contributed by atoms with E-state index in [1.807, 2.05) is 22.8 Å². The molecule has 0 radical (unpaired) electrons. The first kappa shape index (κ1) is 13.4. The third kappa shape index (κ3) is 5.41. The van der Waals surface area contributed by atoms with Gasteiger partial charge >= 0.3 is 0 Å². The van der Waals surface area contributed by atoms with E-state index in [1.165, 1.54) is 30.8 Å². The van der Waals surface area contributed by atoms with Gasteiger partial charge in [0.15, 0.2) is 0 Å². The minimum Gasteiger partial charge on any atom is -0.381 e. The monoisotopic (exact) mass is 270 g/mol. The van der Waals surface area contributed by atoms with E-state index < -0.39 is 4.44 Å². The van der Waals surface area contributed by atoms with E-state index in [-0.39, 0.29) is 0 Å². The highest BCUT2D eigenvalue weighted by atomic mass is 33.2. The van der Waals surface area contributed by atoms with Crippen molar-refractivity contribution < 1.29 is 4.74 Å². The molecule has 0 aromatic carbocycles. The van der Waals surface area contributed by atoms with Gasteiger partial charge in [-0.25, -0.2) is 0 Å². The van der Waals surface area contributed by atoms with Crippen LogP contribution < -0.4 is 0 Å². The third-order valence-electron chi connectivity index (χ3n) is 2.02. The molecular weight excluding hydrogens is 251 g/mol. The molecule has 0 unspecified atom stereocenters. The number of unbranched alkanes of at least 4 members (excludes halogenated alkanes) is 1. The molecule has 1 saturated heterocycles. The van der Waals surface area contributed by atoms with Gasteiger partial charge in [-0.2, -0.15) is 0 Å². The van der Waals surface area contributed by atoms with E-state index in [1.54, 1.807) is 0 Å². The summed E-state index contributed by atoms with van der Waals surface area (Å²) in [6.07, 6.45) is 4.87. The maximum atomic E-state index is 5.69. The molecule has 0 amide bonds. The van der Waals surface area contributed by atoms with Crippen LogP contribution in [0.5, 0.6) is 0 Å². The fourth-order valence-corrected chi connectivity index (χ4v) is 10.6. The fourth-order valence-electron chi connectivity index (χ4n) is 1.16. The lowest BCUT2D eigenvalue weighted by atomic mass is 10.4. The summed E-state index contributed by atoms with van der Waals surface area (Å²) >= 11 is 9.76. The van der Waals surface area contributed by atoms with Crippen LogP contribution in [0.25, 0.3) is 0 Å². The summed E-state index contributed by atoms with van der Waals surface area (Å²) in [5.41, 5.74) is 0. The first-order valence-corrected chi connectivity index (χ1v) is 11.4. The van der Waals surface area contributed by atoms with Crippen LogP contribution in [0.3, 0.4) is 0 Å². The van der Waals surface area contributed by atoms with Crippen molar-refractivity contribution in [2.45, 2.75) is 26.2 Å². The molecule has 0 N–H and O–H groups in total. The van der Waals surface area contributed by atoms with Gasteiger partial charge in [-0.3, -0.25) is 0 Å². The molecule has 1 heterocycles. The van der Waals surface area contributed by atoms with Crippen molar-refractivity contribution in [2.75, 3.05) is 30.9 Å². The maximum absolute atomic E-state index is 5.69. The molecule has 0 aliphatic carbocycles. The van der Waals surface area contributed by atoms with Crippen LogP contribution in [0.1, 0.15) is 26.2 Å². The molecule has 1 nitrogen and oxygen atoms in total. The first-order valence-electron chi connectivity index (χ1n) is 5.23. The molecular formula is C9H19OPS3. The molecule has 0 aromatic heterocycles. The zero-order valence-electron chi connectivity index (χ0n) is 8.74. The van der Waals surface area contributed by atoms with Crippen LogP contribution in [0.2, 0.25) is 0 Å². The minimum atomic E-state index is -1.12. The Morgan fingerprint density at radius 1 is 1.29 bits per heavy atom. The molecule has 1 rings (SSSR count). The number of rotatable bonds is 6. The van der Waals surface area contributed by atoms with Gasteiger partial charge in [-0.15, -0.1) is 22.8 Å². The van der Waals surface area contributed by atoms with Crippen molar-refractivity contribution >= 4 is 39.0 Å². The van der Waals surface area contributed by atoms with Gasteiger partial charge in [0.25, 0.3) is 0 Å². The average Bonchev–Trinajstić information content (AvgIpc) is 2.18. The molecule has 0 aromatic rings. The molecule has 84 valence electrons. The van der Waals surface area contributed by atoms with Crippen molar-refractivity contribution in [2.24, 2.45) is 0 Å². The SMILES string of the molecule is CCCCOCCP1(=S)SCCCS1. The Morgan fingerprint density at radius 3 is 2.64 bits per heavy atom. The van der Waals surface area contributed by atoms with E-state index in [9.17, 15) is 0 Å². The van der Waals surface area contributed by atoms with Crippen LogP contribution in [-0.4, -0.2) is 30.9 Å². The molecule has 0 atom stereocenters. The first-order chi connectivity index (χ1) is 6.77. The van der Waals surface area contributed by atoms with Crippen molar-refractivity contribution in [1.82, 2.24) is 0 Å². The Morgan fingerprint density at radius 2 is 2.00 bits per heavy atom. The molecule has 1 aliphatic heterocycles. The van der Waals surface area contributed by atoms with Gasteiger partial charge in [-0.05, 0) is 24.3 Å². The van der Waals surface area contributed by atoms with Crippen molar-refractivity contribution in [1.29, 1.82) is 0 Å². The number of ether oxygens (including phenoxy) is 1. The standard InChI is InChI=1S/C9H19OPS3/c1-2-3-5-10-6-7-11(12)13-8-4-9-14-11/h2-9H2,1H3. The summed E-state index contributed by atoms with van der Waals surface area (Å²) in [7, 11) is 0. The summed E-state index contributed by atoms with van der Waals surface area (Å²) in [5.74, 6) is 2.55. The molecule has 0 bridgehead atoms.